The summed E-state index contributed by atoms with van der Waals surface area (Å²) < 4.78 is 10.2. The zero-order valence-electron chi connectivity index (χ0n) is 15.4. The van der Waals surface area contributed by atoms with Gasteiger partial charge in [0.1, 0.15) is 6.61 Å². The first-order chi connectivity index (χ1) is 12.7. The maximum Gasteiger partial charge on any atom is 0.248 e. The fraction of sp³-hybridized carbons (Fsp3) is 0.778. The van der Waals surface area contributed by atoms with Gasteiger partial charge < -0.3 is 19.5 Å². The van der Waals surface area contributed by atoms with Crippen LogP contribution in [-0.4, -0.2) is 53.7 Å². The summed E-state index contributed by atoms with van der Waals surface area (Å²) in [6, 6.07) is 0. The van der Waals surface area contributed by atoms with E-state index in [-0.39, 0.29) is 30.9 Å². The summed E-state index contributed by atoms with van der Waals surface area (Å²) in [5.41, 5.74) is 0. The topological polar surface area (TPSA) is 97.6 Å². The highest BCUT2D eigenvalue weighted by Crippen LogP contribution is 2.30. The maximum absolute atomic E-state index is 12.4. The first-order valence-electron chi connectivity index (χ1n) is 9.54. The van der Waals surface area contributed by atoms with E-state index in [0.29, 0.717) is 24.9 Å². The minimum atomic E-state index is -0.203. The van der Waals surface area contributed by atoms with E-state index < -0.39 is 0 Å². The number of piperidine rings is 1. The van der Waals surface area contributed by atoms with Gasteiger partial charge in [0.2, 0.25) is 17.7 Å². The number of ether oxygens (including phenoxy) is 1. The van der Waals surface area contributed by atoms with Crippen LogP contribution in [0.15, 0.2) is 4.52 Å². The van der Waals surface area contributed by atoms with Crippen LogP contribution in [0.25, 0.3) is 0 Å². The van der Waals surface area contributed by atoms with Gasteiger partial charge in [0.25, 0.3) is 0 Å². The molecule has 8 heteroatoms. The lowest BCUT2D eigenvalue weighted by atomic mass is 9.89. The van der Waals surface area contributed by atoms with E-state index >= 15 is 0 Å². The zero-order chi connectivity index (χ0) is 18.4. The molecule has 1 aliphatic heterocycles. The van der Waals surface area contributed by atoms with Crippen LogP contribution in [0.1, 0.15) is 62.6 Å². The highest BCUT2D eigenvalue weighted by Gasteiger charge is 2.28. The van der Waals surface area contributed by atoms with Crippen molar-refractivity contribution in [3.63, 3.8) is 0 Å². The van der Waals surface area contributed by atoms with E-state index in [4.69, 9.17) is 9.26 Å². The molecule has 1 atom stereocenters. The summed E-state index contributed by atoms with van der Waals surface area (Å²) in [5, 5.41) is 6.95. The van der Waals surface area contributed by atoms with Crippen LogP contribution in [0.5, 0.6) is 0 Å². The van der Waals surface area contributed by atoms with Gasteiger partial charge in [-0.15, -0.1) is 0 Å². The smallest absolute Gasteiger partial charge is 0.248 e. The second-order valence-corrected chi connectivity index (χ2v) is 7.21. The molecule has 144 valence electrons. The average molecular weight is 364 g/mol. The van der Waals surface area contributed by atoms with Gasteiger partial charge in [-0.1, -0.05) is 24.4 Å². The molecule has 0 spiro atoms. The first kappa shape index (κ1) is 18.8. The summed E-state index contributed by atoms with van der Waals surface area (Å²) in [6.45, 7) is 1.41. The number of methoxy groups -OCH3 is 1. The molecule has 26 heavy (non-hydrogen) atoms. The van der Waals surface area contributed by atoms with Gasteiger partial charge in [0.05, 0.1) is 12.5 Å². The number of aromatic nitrogens is 2. The highest BCUT2D eigenvalue weighted by molar-refractivity contribution is 5.81. The molecule has 1 saturated heterocycles. The summed E-state index contributed by atoms with van der Waals surface area (Å²) in [7, 11) is 1.50. The highest BCUT2D eigenvalue weighted by atomic mass is 16.5. The Kier molecular flexibility index (Phi) is 6.60. The lowest BCUT2D eigenvalue weighted by Crippen LogP contribution is -2.46. The molecule has 3 rings (SSSR count). The predicted octanol–water partition coefficient (Wildman–Crippen LogP) is 1.62. The largest absolute Gasteiger partial charge is 0.375 e. The van der Waals surface area contributed by atoms with Crippen molar-refractivity contribution in [3.8, 4) is 0 Å². The van der Waals surface area contributed by atoms with E-state index in [1.54, 1.807) is 4.90 Å². The summed E-state index contributed by atoms with van der Waals surface area (Å²) in [4.78, 5) is 30.5. The Balaban J connectivity index is 1.47. The van der Waals surface area contributed by atoms with Gasteiger partial charge >= 0.3 is 0 Å². The normalized spacial score (nSPS) is 21.6. The molecule has 2 aliphatic rings. The molecule has 1 aromatic heterocycles. The van der Waals surface area contributed by atoms with Gasteiger partial charge in [0.15, 0.2) is 5.82 Å². The second-order valence-electron chi connectivity index (χ2n) is 7.21. The molecule has 0 aromatic carbocycles. The third-order valence-electron chi connectivity index (χ3n) is 5.28. The van der Waals surface area contributed by atoms with Crippen molar-refractivity contribution in [2.75, 3.05) is 26.8 Å². The van der Waals surface area contributed by atoms with Crippen LogP contribution >= 0.6 is 0 Å². The second kappa shape index (κ2) is 9.12. The number of nitrogens with one attached hydrogen (secondary N) is 1. The molecule has 2 fully saturated rings. The van der Waals surface area contributed by atoms with Gasteiger partial charge in [0, 0.05) is 26.1 Å². The quantitative estimate of drug-likeness (QED) is 0.824. The predicted molar refractivity (Wildman–Crippen MR) is 93.2 cm³/mol. The van der Waals surface area contributed by atoms with Crippen LogP contribution in [0.3, 0.4) is 0 Å². The van der Waals surface area contributed by atoms with E-state index in [2.05, 4.69) is 15.5 Å². The summed E-state index contributed by atoms with van der Waals surface area (Å²) in [5.74, 6) is 1.25. The third kappa shape index (κ3) is 4.81. The monoisotopic (exact) mass is 364 g/mol. The molecule has 1 aromatic rings. The molecule has 2 heterocycles. The SMILES string of the molecule is COCC(=O)N1CCCC(C(=O)NCc2nc(C3CCCCC3)no2)C1. The zero-order valence-corrected chi connectivity index (χ0v) is 15.4. The number of carbonyl (C=O) groups is 2. The van der Waals surface area contributed by atoms with E-state index in [1.807, 2.05) is 0 Å². The van der Waals surface area contributed by atoms with Crippen LogP contribution in [0.2, 0.25) is 0 Å². The Labute approximate surface area is 153 Å². The Morgan fingerprint density at radius 1 is 1.23 bits per heavy atom. The van der Waals surface area contributed by atoms with E-state index in [9.17, 15) is 9.59 Å². The Hall–Kier alpha value is -1.96. The molecule has 1 unspecified atom stereocenters. The number of likely N-dealkylation sites (tertiary alicyclic amines) is 1. The molecule has 0 radical (unpaired) electrons. The summed E-state index contributed by atoms with van der Waals surface area (Å²) in [6.07, 6.45) is 7.52. The third-order valence-corrected chi connectivity index (χ3v) is 5.28. The van der Waals surface area contributed by atoms with Crippen molar-refractivity contribution in [2.45, 2.75) is 57.4 Å². The minimum Gasteiger partial charge on any atom is -0.375 e. The standard InChI is InChI=1S/C18H28N4O4/c1-25-12-16(23)22-9-5-8-14(11-22)18(24)19-10-15-20-17(21-26-15)13-6-3-2-4-7-13/h13-14H,2-12H2,1H3,(H,19,24). The van der Waals surface area contributed by atoms with Gasteiger partial charge in [-0.25, -0.2) is 0 Å². The molecule has 1 N–H and O–H groups in total. The lowest BCUT2D eigenvalue weighted by Gasteiger charge is -2.31. The minimum absolute atomic E-state index is 0.0558. The van der Waals surface area contributed by atoms with E-state index in [0.717, 1.165) is 31.5 Å². The number of hydrogen-bond donors (Lipinski definition) is 1. The average Bonchev–Trinajstić information content (AvgIpc) is 3.16. The molecule has 0 bridgehead atoms. The van der Waals surface area contributed by atoms with Crippen molar-refractivity contribution in [3.05, 3.63) is 11.7 Å². The first-order valence-corrected chi connectivity index (χ1v) is 9.54. The molecule has 2 amide bonds. The molecule has 1 saturated carbocycles. The fourth-order valence-corrected chi connectivity index (χ4v) is 3.81. The summed E-state index contributed by atoms with van der Waals surface area (Å²) >= 11 is 0. The van der Waals surface area contributed by atoms with Crippen molar-refractivity contribution in [2.24, 2.45) is 5.92 Å². The molecule has 1 aliphatic carbocycles. The number of nitrogens with zero attached hydrogens (tertiary/aromatic N) is 3. The number of rotatable bonds is 6. The molecule has 8 nitrogen and oxygen atoms in total. The Morgan fingerprint density at radius 2 is 2.04 bits per heavy atom. The van der Waals surface area contributed by atoms with Crippen LogP contribution < -0.4 is 5.32 Å². The Morgan fingerprint density at radius 3 is 2.81 bits per heavy atom. The number of amides is 2. The lowest BCUT2D eigenvalue weighted by molar-refractivity contribution is -0.139. The fourth-order valence-electron chi connectivity index (χ4n) is 3.81. The van der Waals surface area contributed by atoms with E-state index in [1.165, 1.54) is 26.4 Å². The van der Waals surface area contributed by atoms with Crippen molar-refractivity contribution >= 4 is 11.8 Å². The van der Waals surface area contributed by atoms with Gasteiger partial charge in [-0.3, -0.25) is 9.59 Å². The maximum atomic E-state index is 12.4. The Bertz CT molecular complexity index is 612. The van der Waals surface area contributed by atoms with Crippen molar-refractivity contribution in [1.82, 2.24) is 20.4 Å². The molecular formula is C18H28N4O4. The number of carbonyl (C=O) groups excluding carboxylic acids is 2. The van der Waals surface area contributed by atoms with Gasteiger partial charge in [-0.2, -0.15) is 4.98 Å². The van der Waals surface area contributed by atoms with Crippen LogP contribution in [0.4, 0.5) is 0 Å². The molecular weight excluding hydrogens is 336 g/mol. The van der Waals surface area contributed by atoms with Crippen molar-refractivity contribution in [1.29, 1.82) is 0 Å². The van der Waals surface area contributed by atoms with Crippen molar-refractivity contribution < 1.29 is 18.8 Å². The van der Waals surface area contributed by atoms with Gasteiger partial charge in [-0.05, 0) is 25.7 Å². The van der Waals surface area contributed by atoms with Crippen LogP contribution in [-0.2, 0) is 20.9 Å². The van der Waals surface area contributed by atoms with Crippen LogP contribution in [0, 0.1) is 5.92 Å². The number of hydrogen-bond acceptors (Lipinski definition) is 6.